The molecule has 0 bridgehead atoms. The van der Waals surface area contributed by atoms with Crippen molar-refractivity contribution in [1.82, 2.24) is 5.32 Å². The summed E-state index contributed by atoms with van der Waals surface area (Å²) in [4.78, 5) is 11.3. The van der Waals surface area contributed by atoms with Gasteiger partial charge in [-0.15, -0.1) is 0 Å². The van der Waals surface area contributed by atoms with Crippen LogP contribution >= 0.6 is 0 Å². The van der Waals surface area contributed by atoms with Gasteiger partial charge in [-0.05, 0) is 12.8 Å². The average Bonchev–Trinajstić information content (AvgIpc) is 2.81. The quantitative estimate of drug-likeness (QED) is 0.720. The van der Waals surface area contributed by atoms with E-state index in [1.54, 1.807) is 0 Å². The molecule has 6 heteroatoms. The normalized spacial score (nSPS) is 19.1. The largest absolute Gasteiger partial charge is 0.390 e. The number of carbonyl (C=O) groups excluding carboxylic acids is 1. The van der Waals surface area contributed by atoms with Crippen LogP contribution in [0, 0.1) is 5.41 Å². The Morgan fingerprint density at radius 1 is 1.43 bits per heavy atom. The van der Waals surface area contributed by atoms with E-state index >= 15 is 0 Å². The molecule has 1 aliphatic rings. The highest BCUT2D eigenvalue weighted by molar-refractivity contribution is 5.85. The highest BCUT2D eigenvalue weighted by Crippen LogP contribution is 2.44. The second-order valence-electron chi connectivity index (χ2n) is 3.61. The molecule has 3 N–H and O–H groups in total. The maximum absolute atomic E-state index is 11.7. The summed E-state index contributed by atoms with van der Waals surface area (Å²) in [7, 11) is 0. The number of hydrogen-bond acceptors (Lipinski definition) is 2. The van der Waals surface area contributed by atoms with Crippen molar-refractivity contribution in [2.75, 3.05) is 13.1 Å². The van der Waals surface area contributed by atoms with Crippen LogP contribution in [0.1, 0.15) is 19.3 Å². The lowest BCUT2D eigenvalue weighted by molar-refractivity contribution is -0.136. The van der Waals surface area contributed by atoms with Crippen LogP contribution in [0.4, 0.5) is 13.2 Å². The molecule has 0 radical (unpaired) electrons. The van der Waals surface area contributed by atoms with Crippen molar-refractivity contribution < 1.29 is 18.0 Å². The van der Waals surface area contributed by atoms with Crippen molar-refractivity contribution in [3.63, 3.8) is 0 Å². The smallest absolute Gasteiger partial charge is 0.355 e. The van der Waals surface area contributed by atoms with E-state index in [1.165, 1.54) is 0 Å². The number of nitrogens with one attached hydrogen (secondary N) is 1. The summed E-state index contributed by atoms with van der Waals surface area (Å²) in [6.45, 7) is -0.144. The first-order valence-corrected chi connectivity index (χ1v) is 4.45. The fourth-order valence-corrected chi connectivity index (χ4v) is 1.18. The van der Waals surface area contributed by atoms with E-state index in [9.17, 15) is 18.0 Å². The standard InChI is InChI=1S/C8H13F3N2O/c9-8(10,11)3-4-13-6(14)7(5-12)1-2-7/h1-5,12H2,(H,13,14). The Hall–Kier alpha value is -0.780. The van der Waals surface area contributed by atoms with E-state index in [1.807, 2.05) is 0 Å². The zero-order valence-corrected chi connectivity index (χ0v) is 7.66. The molecule has 0 aromatic heterocycles. The number of rotatable bonds is 4. The molecule has 82 valence electrons. The van der Waals surface area contributed by atoms with Gasteiger partial charge >= 0.3 is 6.18 Å². The Bertz CT molecular complexity index is 223. The number of amides is 1. The molecule has 1 aliphatic carbocycles. The minimum atomic E-state index is -4.22. The Morgan fingerprint density at radius 3 is 2.36 bits per heavy atom. The Morgan fingerprint density at radius 2 is 2.00 bits per heavy atom. The maximum atomic E-state index is 11.7. The lowest BCUT2D eigenvalue weighted by Gasteiger charge is -2.13. The number of halogens is 3. The van der Waals surface area contributed by atoms with Gasteiger partial charge in [0.1, 0.15) is 0 Å². The first-order valence-electron chi connectivity index (χ1n) is 4.45. The molecule has 0 aromatic carbocycles. The van der Waals surface area contributed by atoms with Crippen LogP contribution in [-0.2, 0) is 4.79 Å². The van der Waals surface area contributed by atoms with Gasteiger partial charge in [0, 0.05) is 13.1 Å². The van der Waals surface area contributed by atoms with Crippen LogP contribution in [0.25, 0.3) is 0 Å². The van der Waals surface area contributed by atoms with Crippen molar-refractivity contribution in [2.24, 2.45) is 11.1 Å². The predicted molar refractivity (Wildman–Crippen MR) is 44.4 cm³/mol. The van der Waals surface area contributed by atoms with E-state index in [4.69, 9.17) is 5.73 Å². The molecule has 0 unspecified atom stereocenters. The Labute approximate surface area is 79.8 Å². The minimum Gasteiger partial charge on any atom is -0.355 e. The van der Waals surface area contributed by atoms with E-state index in [0.717, 1.165) is 0 Å². The monoisotopic (exact) mass is 210 g/mol. The first kappa shape index (κ1) is 11.3. The van der Waals surface area contributed by atoms with Gasteiger partial charge in [0.25, 0.3) is 0 Å². The van der Waals surface area contributed by atoms with Gasteiger partial charge in [-0.3, -0.25) is 4.79 Å². The average molecular weight is 210 g/mol. The van der Waals surface area contributed by atoms with E-state index in [2.05, 4.69) is 5.32 Å². The second kappa shape index (κ2) is 3.76. The van der Waals surface area contributed by atoms with E-state index in [0.29, 0.717) is 12.8 Å². The number of hydrogen-bond donors (Lipinski definition) is 2. The van der Waals surface area contributed by atoms with Crippen LogP contribution in [0.2, 0.25) is 0 Å². The Kier molecular flexibility index (Phi) is 3.04. The molecule has 0 atom stereocenters. The van der Waals surface area contributed by atoms with Gasteiger partial charge in [0.2, 0.25) is 5.91 Å². The third kappa shape index (κ3) is 2.87. The Balaban J connectivity index is 2.23. The molecular formula is C8H13F3N2O. The van der Waals surface area contributed by atoms with Crippen LogP contribution in [-0.4, -0.2) is 25.2 Å². The lowest BCUT2D eigenvalue weighted by Crippen LogP contribution is -2.38. The molecule has 0 saturated heterocycles. The molecule has 0 aromatic rings. The highest BCUT2D eigenvalue weighted by atomic mass is 19.4. The fraction of sp³-hybridized carbons (Fsp3) is 0.875. The molecule has 0 spiro atoms. The van der Waals surface area contributed by atoms with Crippen molar-refractivity contribution in [2.45, 2.75) is 25.4 Å². The third-order valence-corrected chi connectivity index (χ3v) is 2.42. The molecule has 1 saturated carbocycles. The lowest BCUT2D eigenvalue weighted by atomic mass is 10.1. The van der Waals surface area contributed by atoms with Crippen molar-refractivity contribution in [1.29, 1.82) is 0 Å². The van der Waals surface area contributed by atoms with Crippen molar-refractivity contribution >= 4 is 5.91 Å². The molecule has 1 fully saturated rings. The summed E-state index contributed by atoms with van der Waals surface area (Å²) in [6.07, 6.45) is -3.84. The number of alkyl halides is 3. The van der Waals surface area contributed by atoms with Gasteiger partial charge in [-0.25, -0.2) is 0 Å². The molecule has 3 nitrogen and oxygen atoms in total. The topological polar surface area (TPSA) is 55.1 Å². The van der Waals surface area contributed by atoms with Gasteiger partial charge in [-0.1, -0.05) is 0 Å². The van der Waals surface area contributed by atoms with Gasteiger partial charge < -0.3 is 11.1 Å². The summed E-state index contributed by atoms with van der Waals surface area (Å²) in [6, 6.07) is 0. The molecular weight excluding hydrogens is 197 g/mol. The summed E-state index contributed by atoms with van der Waals surface area (Å²) in [5, 5.41) is 2.25. The highest BCUT2D eigenvalue weighted by Gasteiger charge is 2.48. The first-order chi connectivity index (χ1) is 6.40. The molecule has 0 aliphatic heterocycles. The second-order valence-corrected chi connectivity index (χ2v) is 3.61. The molecule has 1 amide bonds. The third-order valence-electron chi connectivity index (χ3n) is 2.42. The minimum absolute atomic E-state index is 0.213. The SMILES string of the molecule is NCC1(C(=O)NCCC(F)(F)F)CC1. The predicted octanol–water partition coefficient (Wildman–Crippen LogP) is 0.794. The number of nitrogens with two attached hydrogens (primary N) is 1. The van der Waals surface area contributed by atoms with Crippen LogP contribution < -0.4 is 11.1 Å². The molecule has 14 heavy (non-hydrogen) atoms. The van der Waals surface area contributed by atoms with Crippen molar-refractivity contribution in [3.8, 4) is 0 Å². The summed E-state index contributed by atoms with van der Waals surface area (Å²) >= 11 is 0. The molecule has 1 rings (SSSR count). The van der Waals surface area contributed by atoms with E-state index < -0.39 is 18.0 Å². The zero-order chi connectivity index (χ0) is 10.8. The zero-order valence-electron chi connectivity index (χ0n) is 7.66. The van der Waals surface area contributed by atoms with Crippen LogP contribution in [0.3, 0.4) is 0 Å². The van der Waals surface area contributed by atoms with Gasteiger partial charge in [0.15, 0.2) is 0 Å². The van der Waals surface area contributed by atoms with Crippen LogP contribution in [0.5, 0.6) is 0 Å². The van der Waals surface area contributed by atoms with Crippen LogP contribution in [0.15, 0.2) is 0 Å². The summed E-state index contributed by atoms with van der Waals surface area (Å²) in [5.74, 6) is -0.343. The fourth-order valence-electron chi connectivity index (χ4n) is 1.18. The van der Waals surface area contributed by atoms with Crippen molar-refractivity contribution in [3.05, 3.63) is 0 Å². The van der Waals surface area contributed by atoms with E-state index in [-0.39, 0.29) is 19.0 Å². The van der Waals surface area contributed by atoms with Gasteiger partial charge in [0.05, 0.1) is 11.8 Å². The maximum Gasteiger partial charge on any atom is 0.390 e. The summed E-state index contributed by atoms with van der Waals surface area (Å²) in [5.41, 5.74) is 4.78. The molecule has 0 heterocycles. The van der Waals surface area contributed by atoms with Gasteiger partial charge in [-0.2, -0.15) is 13.2 Å². The summed E-state index contributed by atoms with van der Waals surface area (Å²) < 4.78 is 35.2. The number of carbonyl (C=O) groups is 1.